The first-order valence-electron chi connectivity index (χ1n) is 7.36. The Hall–Kier alpha value is -2.69. The third-order valence-electron chi connectivity index (χ3n) is 3.68. The molecule has 2 N–H and O–H groups in total. The Balaban J connectivity index is 2.01. The molecule has 0 aliphatic rings. The number of aryl methyl sites for hydroxylation is 1. The van der Waals surface area contributed by atoms with Crippen LogP contribution >= 0.6 is 0 Å². The number of ether oxygens (including phenoxy) is 2. The van der Waals surface area contributed by atoms with Crippen molar-refractivity contribution in [1.82, 2.24) is 0 Å². The van der Waals surface area contributed by atoms with Crippen LogP contribution in [0.1, 0.15) is 11.1 Å². The minimum atomic E-state index is -0.138. The fourth-order valence-corrected chi connectivity index (χ4v) is 2.20. The van der Waals surface area contributed by atoms with Crippen LogP contribution in [0.3, 0.4) is 0 Å². The number of nitrogens with one attached hydrogen (secondary N) is 2. The summed E-state index contributed by atoms with van der Waals surface area (Å²) < 4.78 is 10.4. The van der Waals surface area contributed by atoms with E-state index in [9.17, 15) is 4.79 Å². The van der Waals surface area contributed by atoms with Gasteiger partial charge in [-0.1, -0.05) is 12.1 Å². The van der Waals surface area contributed by atoms with Crippen molar-refractivity contribution in [3.05, 3.63) is 47.5 Å². The fourth-order valence-electron chi connectivity index (χ4n) is 2.20. The molecule has 1 amide bonds. The second-order valence-electron chi connectivity index (χ2n) is 5.25. The van der Waals surface area contributed by atoms with E-state index in [0.29, 0.717) is 17.2 Å². The van der Waals surface area contributed by atoms with Gasteiger partial charge >= 0.3 is 0 Å². The second kappa shape index (κ2) is 7.54. The minimum Gasteiger partial charge on any atom is -0.497 e. The smallest absolute Gasteiger partial charge is 0.243 e. The van der Waals surface area contributed by atoms with Crippen molar-refractivity contribution >= 4 is 17.3 Å². The summed E-state index contributed by atoms with van der Waals surface area (Å²) in [5.41, 5.74) is 3.92. The highest BCUT2D eigenvalue weighted by Gasteiger charge is 2.07. The third kappa shape index (κ3) is 4.39. The van der Waals surface area contributed by atoms with Crippen LogP contribution in [0, 0.1) is 13.8 Å². The van der Waals surface area contributed by atoms with E-state index in [-0.39, 0.29) is 12.5 Å². The molecular weight excluding hydrogens is 292 g/mol. The maximum absolute atomic E-state index is 12.1. The van der Waals surface area contributed by atoms with Crippen LogP contribution in [0.25, 0.3) is 0 Å². The van der Waals surface area contributed by atoms with Gasteiger partial charge < -0.3 is 20.1 Å². The molecule has 0 aromatic heterocycles. The van der Waals surface area contributed by atoms with Gasteiger partial charge in [-0.2, -0.15) is 0 Å². The van der Waals surface area contributed by atoms with E-state index in [1.54, 1.807) is 32.4 Å². The Bertz CT molecular complexity index is 676. The zero-order chi connectivity index (χ0) is 16.8. The number of anilines is 2. The number of benzene rings is 2. The monoisotopic (exact) mass is 314 g/mol. The Labute approximate surface area is 136 Å². The first-order chi connectivity index (χ1) is 11.0. The van der Waals surface area contributed by atoms with Crippen molar-refractivity contribution in [2.24, 2.45) is 0 Å². The van der Waals surface area contributed by atoms with E-state index in [0.717, 1.165) is 11.3 Å². The number of carbonyl (C=O) groups excluding carboxylic acids is 1. The summed E-state index contributed by atoms with van der Waals surface area (Å²) in [7, 11) is 3.14. The maximum atomic E-state index is 12.1. The van der Waals surface area contributed by atoms with Crippen molar-refractivity contribution in [2.45, 2.75) is 13.8 Å². The molecule has 0 spiro atoms. The Morgan fingerprint density at radius 1 is 1.04 bits per heavy atom. The average Bonchev–Trinajstić information content (AvgIpc) is 2.55. The van der Waals surface area contributed by atoms with Gasteiger partial charge in [-0.05, 0) is 31.0 Å². The molecule has 0 saturated heterocycles. The third-order valence-corrected chi connectivity index (χ3v) is 3.68. The van der Waals surface area contributed by atoms with E-state index in [2.05, 4.69) is 10.6 Å². The predicted molar refractivity (Wildman–Crippen MR) is 92.6 cm³/mol. The quantitative estimate of drug-likeness (QED) is 0.858. The molecule has 0 aliphatic carbocycles. The highest BCUT2D eigenvalue weighted by atomic mass is 16.5. The largest absolute Gasteiger partial charge is 0.497 e. The number of hydrogen-bond donors (Lipinski definition) is 2. The second-order valence-corrected chi connectivity index (χ2v) is 5.25. The van der Waals surface area contributed by atoms with Crippen LogP contribution in [-0.2, 0) is 4.79 Å². The number of carbonyl (C=O) groups is 1. The summed E-state index contributed by atoms with van der Waals surface area (Å²) in [6.07, 6.45) is 0. The molecule has 0 aliphatic heterocycles. The standard InChI is InChI=1S/C18H22N2O3/c1-12-6-5-7-17(13(12)2)19-11-18(21)20-14-8-15(22-3)10-16(9-14)23-4/h5-10,19H,11H2,1-4H3,(H,20,21). The van der Waals surface area contributed by atoms with Gasteiger partial charge in [0.1, 0.15) is 11.5 Å². The topological polar surface area (TPSA) is 59.6 Å². The molecule has 0 unspecified atom stereocenters. The number of amides is 1. The molecule has 23 heavy (non-hydrogen) atoms. The van der Waals surface area contributed by atoms with E-state index >= 15 is 0 Å². The SMILES string of the molecule is COc1cc(NC(=O)CNc2cccc(C)c2C)cc(OC)c1. The predicted octanol–water partition coefficient (Wildman–Crippen LogP) is 3.37. The first kappa shape index (κ1) is 16.7. The van der Waals surface area contributed by atoms with Gasteiger partial charge in [-0.25, -0.2) is 0 Å². The summed E-state index contributed by atoms with van der Waals surface area (Å²) in [5, 5.41) is 5.99. The summed E-state index contributed by atoms with van der Waals surface area (Å²) in [5.74, 6) is 1.12. The molecule has 122 valence electrons. The van der Waals surface area contributed by atoms with Crippen LogP contribution < -0.4 is 20.1 Å². The lowest BCUT2D eigenvalue weighted by atomic mass is 10.1. The highest BCUT2D eigenvalue weighted by molar-refractivity contribution is 5.94. The zero-order valence-electron chi connectivity index (χ0n) is 13.9. The van der Waals surface area contributed by atoms with E-state index in [4.69, 9.17) is 9.47 Å². The molecule has 0 radical (unpaired) electrons. The molecular formula is C18H22N2O3. The average molecular weight is 314 g/mol. The van der Waals surface area contributed by atoms with E-state index in [1.807, 2.05) is 32.0 Å². The number of methoxy groups -OCH3 is 2. The van der Waals surface area contributed by atoms with Crippen molar-refractivity contribution in [3.63, 3.8) is 0 Å². The van der Waals surface area contributed by atoms with Gasteiger partial charge in [-0.15, -0.1) is 0 Å². The van der Waals surface area contributed by atoms with Gasteiger partial charge in [0.15, 0.2) is 0 Å². The summed E-state index contributed by atoms with van der Waals surface area (Å²) >= 11 is 0. The number of hydrogen-bond acceptors (Lipinski definition) is 4. The van der Waals surface area contributed by atoms with E-state index < -0.39 is 0 Å². The molecule has 0 fully saturated rings. The summed E-state index contributed by atoms with van der Waals surface area (Å²) in [6.45, 7) is 4.26. The minimum absolute atomic E-state index is 0.138. The molecule has 2 rings (SSSR count). The van der Waals surface area contributed by atoms with Gasteiger partial charge in [0.25, 0.3) is 0 Å². The Morgan fingerprint density at radius 2 is 1.70 bits per heavy atom. The van der Waals surface area contributed by atoms with Gasteiger partial charge in [-0.3, -0.25) is 4.79 Å². The summed E-state index contributed by atoms with van der Waals surface area (Å²) in [6, 6.07) is 11.2. The lowest BCUT2D eigenvalue weighted by Gasteiger charge is -2.12. The molecule has 0 heterocycles. The molecule has 2 aromatic rings. The normalized spacial score (nSPS) is 10.1. The van der Waals surface area contributed by atoms with Gasteiger partial charge in [0.05, 0.1) is 20.8 Å². The van der Waals surface area contributed by atoms with Gasteiger partial charge in [0, 0.05) is 29.6 Å². The lowest BCUT2D eigenvalue weighted by molar-refractivity contribution is -0.114. The fraction of sp³-hybridized carbons (Fsp3) is 0.278. The molecule has 0 atom stereocenters. The van der Waals surface area contributed by atoms with Crippen LogP contribution in [0.2, 0.25) is 0 Å². The Kier molecular flexibility index (Phi) is 5.46. The molecule has 0 saturated carbocycles. The van der Waals surface area contributed by atoms with Gasteiger partial charge in [0.2, 0.25) is 5.91 Å². The van der Waals surface area contributed by atoms with Crippen LogP contribution in [0.15, 0.2) is 36.4 Å². The van der Waals surface area contributed by atoms with Crippen LogP contribution in [0.5, 0.6) is 11.5 Å². The maximum Gasteiger partial charge on any atom is 0.243 e. The van der Waals surface area contributed by atoms with Crippen LogP contribution in [-0.4, -0.2) is 26.7 Å². The van der Waals surface area contributed by atoms with Crippen molar-refractivity contribution in [2.75, 3.05) is 31.4 Å². The number of rotatable bonds is 6. The molecule has 0 bridgehead atoms. The molecule has 5 heteroatoms. The van der Waals surface area contributed by atoms with Crippen LogP contribution in [0.4, 0.5) is 11.4 Å². The van der Waals surface area contributed by atoms with Crippen molar-refractivity contribution < 1.29 is 14.3 Å². The first-order valence-corrected chi connectivity index (χ1v) is 7.36. The Morgan fingerprint density at radius 3 is 2.30 bits per heavy atom. The van der Waals surface area contributed by atoms with Crippen molar-refractivity contribution in [3.8, 4) is 11.5 Å². The highest BCUT2D eigenvalue weighted by Crippen LogP contribution is 2.25. The summed E-state index contributed by atoms with van der Waals surface area (Å²) in [4.78, 5) is 12.1. The zero-order valence-corrected chi connectivity index (χ0v) is 13.9. The molecule has 2 aromatic carbocycles. The lowest BCUT2D eigenvalue weighted by Crippen LogP contribution is -2.22. The molecule has 5 nitrogen and oxygen atoms in total. The van der Waals surface area contributed by atoms with E-state index in [1.165, 1.54) is 5.56 Å². The van der Waals surface area contributed by atoms with Crippen molar-refractivity contribution in [1.29, 1.82) is 0 Å².